The summed E-state index contributed by atoms with van der Waals surface area (Å²) in [7, 11) is 1.83. The van der Waals surface area contributed by atoms with Gasteiger partial charge in [-0.3, -0.25) is 14.5 Å². The molecule has 2 heterocycles. The fraction of sp³-hybridized carbons (Fsp3) is 0.241. The summed E-state index contributed by atoms with van der Waals surface area (Å²) in [6, 6.07) is 23.6. The number of nitrogens with one attached hydrogen (secondary N) is 1. The van der Waals surface area contributed by atoms with E-state index in [1.165, 1.54) is 17.3 Å². The van der Waals surface area contributed by atoms with E-state index in [0.29, 0.717) is 16.7 Å². The molecule has 5 rings (SSSR count). The van der Waals surface area contributed by atoms with Gasteiger partial charge in [0.2, 0.25) is 5.91 Å². The van der Waals surface area contributed by atoms with Gasteiger partial charge >= 0.3 is 0 Å². The molecule has 10 heteroatoms. The molecule has 0 bridgehead atoms. The number of benzene rings is 3. The maximum Gasteiger partial charge on any atom is 0.261 e. The van der Waals surface area contributed by atoms with Gasteiger partial charge in [0, 0.05) is 16.8 Å². The molecule has 200 valence electrons. The molecule has 0 spiro atoms. The second kappa shape index (κ2) is 12.0. The van der Waals surface area contributed by atoms with E-state index in [0.717, 1.165) is 27.6 Å². The van der Waals surface area contributed by atoms with Crippen molar-refractivity contribution in [1.29, 1.82) is 0 Å². The number of carbonyl (C=O) groups excluding carboxylic acids is 2. The summed E-state index contributed by atoms with van der Waals surface area (Å²) >= 11 is 2.98. The summed E-state index contributed by atoms with van der Waals surface area (Å²) in [6.07, 6.45) is 0.285. The Bertz CT molecular complexity index is 1440. The van der Waals surface area contributed by atoms with Crippen LogP contribution < -0.4 is 15.0 Å². The molecule has 0 aliphatic carbocycles. The molecule has 0 saturated heterocycles. The van der Waals surface area contributed by atoms with Gasteiger partial charge in [0.05, 0.1) is 23.7 Å². The van der Waals surface area contributed by atoms with Crippen molar-refractivity contribution in [2.45, 2.75) is 47.9 Å². The molecule has 1 aliphatic rings. The molecule has 39 heavy (non-hydrogen) atoms. The topological polar surface area (TPSA) is 89.3 Å². The van der Waals surface area contributed by atoms with Crippen molar-refractivity contribution in [2.75, 3.05) is 10.7 Å². The number of hydrogen-bond acceptors (Lipinski definition) is 7. The van der Waals surface area contributed by atoms with Crippen molar-refractivity contribution in [3.05, 3.63) is 84.2 Å². The molecular formula is C29H29N5O3S2. The monoisotopic (exact) mass is 559 g/mol. The number of para-hydroxylation sites is 2. The van der Waals surface area contributed by atoms with Crippen LogP contribution in [-0.2, 0) is 29.6 Å². The molecule has 3 aromatic carbocycles. The van der Waals surface area contributed by atoms with Crippen molar-refractivity contribution >= 4 is 46.7 Å². The number of carbonyl (C=O) groups is 2. The lowest BCUT2D eigenvalue weighted by molar-refractivity contribution is -0.127. The quantitative estimate of drug-likeness (QED) is 0.275. The third kappa shape index (κ3) is 5.97. The number of amides is 2. The molecule has 1 atom stereocenters. The smallest absolute Gasteiger partial charge is 0.261 e. The van der Waals surface area contributed by atoms with Gasteiger partial charge in [0.15, 0.2) is 17.1 Å². The van der Waals surface area contributed by atoms with E-state index >= 15 is 0 Å². The van der Waals surface area contributed by atoms with Gasteiger partial charge in [0.1, 0.15) is 5.75 Å². The third-order valence-electron chi connectivity index (χ3n) is 6.37. The molecule has 0 unspecified atom stereocenters. The first-order valence-corrected chi connectivity index (χ1v) is 14.5. The van der Waals surface area contributed by atoms with Crippen LogP contribution >= 0.6 is 23.5 Å². The summed E-state index contributed by atoms with van der Waals surface area (Å²) < 4.78 is 7.56. The number of nitrogens with zero attached hydrogens (tertiary/aromatic N) is 4. The summed E-state index contributed by atoms with van der Waals surface area (Å²) in [5, 5.41) is 11.9. The second-order valence-corrected chi connectivity index (χ2v) is 11.0. The normalized spacial score (nSPS) is 12.8. The van der Waals surface area contributed by atoms with Gasteiger partial charge in [-0.15, -0.1) is 10.2 Å². The lowest BCUT2D eigenvalue weighted by atomic mass is 10.2. The summed E-state index contributed by atoms with van der Waals surface area (Å²) in [6.45, 7) is 4.00. The Kier molecular flexibility index (Phi) is 8.23. The Morgan fingerprint density at radius 1 is 0.974 bits per heavy atom. The first kappa shape index (κ1) is 26.8. The van der Waals surface area contributed by atoms with Crippen molar-refractivity contribution < 1.29 is 14.3 Å². The molecule has 1 aliphatic heterocycles. The average Bonchev–Trinajstić information content (AvgIpc) is 3.32. The number of ether oxygens (including phenoxy) is 1. The molecule has 0 fully saturated rings. The van der Waals surface area contributed by atoms with E-state index in [9.17, 15) is 9.59 Å². The van der Waals surface area contributed by atoms with E-state index in [1.54, 1.807) is 28.2 Å². The maximum absolute atomic E-state index is 13.5. The van der Waals surface area contributed by atoms with E-state index in [4.69, 9.17) is 4.74 Å². The predicted octanol–water partition coefficient (Wildman–Crippen LogP) is 5.38. The van der Waals surface area contributed by atoms with Crippen molar-refractivity contribution in [1.82, 2.24) is 20.1 Å². The molecular weight excluding hydrogens is 530 g/mol. The number of aryl methyl sites for hydroxylation is 1. The zero-order chi connectivity index (χ0) is 27.4. The predicted molar refractivity (Wildman–Crippen MR) is 154 cm³/mol. The van der Waals surface area contributed by atoms with E-state index in [1.807, 2.05) is 79.8 Å². The number of hydrogen-bond donors (Lipinski definition) is 1. The third-order valence-corrected chi connectivity index (χ3v) is 8.50. The zero-order valence-electron chi connectivity index (χ0n) is 22.0. The summed E-state index contributed by atoms with van der Waals surface area (Å²) in [4.78, 5) is 29.9. The lowest BCUT2D eigenvalue weighted by Gasteiger charge is -2.30. The largest absolute Gasteiger partial charge is 0.481 e. The maximum atomic E-state index is 13.5. The minimum atomic E-state index is -0.661. The lowest BCUT2D eigenvalue weighted by Crippen LogP contribution is -2.36. The Labute approximate surface area is 236 Å². The fourth-order valence-electron chi connectivity index (χ4n) is 4.16. The highest BCUT2D eigenvalue weighted by Gasteiger charge is 2.28. The molecule has 1 aromatic heterocycles. The highest BCUT2D eigenvalue weighted by molar-refractivity contribution is 8.00. The van der Waals surface area contributed by atoms with Crippen LogP contribution in [0, 0.1) is 0 Å². The first-order valence-electron chi connectivity index (χ1n) is 12.7. The van der Waals surface area contributed by atoms with Gasteiger partial charge in [-0.25, -0.2) is 0 Å². The summed E-state index contributed by atoms with van der Waals surface area (Å²) in [5.74, 6) is 1.13. The zero-order valence-corrected chi connectivity index (χ0v) is 23.6. The Morgan fingerprint density at radius 2 is 1.62 bits per heavy atom. The van der Waals surface area contributed by atoms with Crippen molar-refractivity contribution in [3.8, 4) is 5.75 Å². The Morgan fingerprint density at radius 3 is 2.26 bits per heavy atom. The van der Waals surface area contributed by atoms with Crippen molar-refractivity contribution in [2.24, 2.45) is 7.05 Å². The number of thioether (sulfide) groups is 1. The first-order chi connectivity index (χ1) is 18.9. The molecule has 0 saturated carbocycles. The average molecular weight is 560 g/mol. The second-order valence-electron chi connectivity index (χ2n) is 8.99. The van der Waals surface area contributed by atoms with Gasteiger partial charge in [-0.1, -0.05) is 66.8 Å². The highest BCUT2D eigenvalue weighted by Crippen LogP contribution is 2.48. The van der Waals surface area contributed by atoms with Crippen LogP contribution in [0.4, 0.5) is 11.4 Å². The van der Waals surface area contributed by atoms with Gasteiger partial charge in [-0.2, -0.15) is 0 Å². The number of fused-ring (bicyclic) bond motifs is 2. The van der Waals surface area contributed by atoms with Gasteiger partial charge in [0.25, 0.3) is 5.91 Å². The minimum absolute atomic E-state index is 0.0454. The fourth-order valence-corrected chi connectivity index (χ4v) is 6.00. The van der Waals surface area contributed by atoms with Gasteiger partial charge < -0.3 is 14.6 Å². The highest BCUT2D eigenvalue weighted by atomic mass is 32.2. The number of rotatable bonds is 9. The van der Waals surface area contributed by atoms with Crippen LogP contribution in [0.5, 0.6) is 5.75 Å². The molecule has 4 aromatic rings. The molecule has 2 amide bonds. The van der Waals surface area contributed by atoms with Crippen LogP contribution in [0.2, 0.25) is 0 Å². The minimum Gasteiger partial charge on any atom is -0.481 e. The standard InChI is InChI=1S/C29H29N5O3S2/c1-4-20-13-15-21(16-14-20)37-19(2)28(36)30-17-26-31-32-29(33(26)3)38-18-27(35)34-22-9-5-7-11-24(22)39-25-12-8-6-10-23(25)34/h5-16,19H,4,17-18H2,1-3H3,(H,30,36)/t19-/m0/s1. The molecule has 8 nitrogen and oxygen atoms in total. The SMILES string of the molecule is CCc1ccc(O[C@@H](C)C(=O)NCc2nnc(SCC(=O)N3c4ccccc4Sc4ccccc43)n2C)cc1. The number of aromatic nitrogens is 3. The van der Waals surface area contributed by atoms with Crippen molar-refractivity contribution in [3.63, 3.8) is 0 Å². The van der Waals surface area contributed by atoms with Crippen LogP contribution in [0.3, 0.4) is 0 Å². The van der Waals surface area contributed by atoms with Crippen LogP contribution in [0.1, 0.15) is 25.2 Å². The van der Waals surface area contributed by atoms with Crippen LogP contribution in [0.15, 0.2) is 87.7 Å². The van der Waals surface area contributed by atoms with E-state index in [2.05, 4.69) is 22.4 Å². The van der Waals surface area contributed by atoms with Gasteiger partial charge in [-0.05, 0) is 55.3 Å². The molecule has 0 radical (unpaired) electrons. The Balaban J connectivity index is 1.19. The van der Waals surface area contributed by atoms with E-state index < -0.39 is 6.10 Å². The summed E-state index contributed by atoms with van der Waals surface area (Å²) in [5.41, 5.74) is 2.97. The van der Waals surface area contributed by atoms with Crippen LogP contribution in [0.25, 0.3) is 0 Å². The number of anilines is 2. The van der Waals surface area contributed by atoms with E-state index in [-0.39, 0.29) is 24.1 Å². The molecule has 1 N–H and O–H groups in total. The van der Waals surface area contributed by atoms with Crippen LogP contribution in [-0.4, -0.2) is 38.4 Å². The Hall–Kier alpha value is -3.76.